The van der Waals surface area contributed by atoms with Gasteiger partial charge in [-0.15, -0.1) is 0 Å². The van der Waals surface area contributed by atoms with Crippen LogP contribution in [0.3, 0.4) is 0 Å². The Balaban J connectivity index is 1.93. The van der Waals surface area contributed by atoms with Gasteiger partial charge in [-0.1, -0.05) is 0 Å². The van der Waals surface area contributed by atoms with Crippen LogP contribution in [0.2, 0.25) is 48.4 Å². The van der Waals surface area contributed by atoms with Crippen LogP contribution in [0.5, 0.6) is 0 Å². The Kier molecular flexibility index (Phi) is 12.6. The smallest absolute Gasteiger partial charge is 0.373 e. The molecule has 8 bridgehead atoms. The molecule has 0 saturated carbocycles. The van der Waals surface area contributed by atoms with Crippen molar-refractivity contribution in [3.8, 4) is 48.6 Å². The van der Waals surface area contributed by atoms with Crippen molar-refractivity contribution in [3.05, 3.63) is 0 Å². The molecule has 0 atom stereocenters. The minimum atomic E-state index is -4.52. The number of hydrogen-bond acceptors (Lipinski definition) is 20. The summed E-state index contributed by atoms with van der Waals surface area (Å²) >= 11 is 0. The minimum absolute atomic E-state index is 0.195. The molecule has 0 N–H and O–H groups in total. The third-order valence-corrected chi connectivity index (χ3v) is 44.8. The van der Waals surface area contributed by atoms with E-state index >= 15 is 0 Å². The molecule has 6 fully saturated rings. The topological polar surface area (TPSA) is 301 Å². The highest BCUT2D eigenvalue weighted by Gasteiger charge is 2.82. The van der Waals surface area contributed by atoms with Gasteiger partial charge in [0, 0.05) is 99.7 Å². The van der Waals surface area contributed by atoms with Gasteiger partial charge in [-0.25, -0.2) is 0 Å². The van der Waals surface area contributed by atoms with Crippen molar-refractivity contribution in [2.75, 3.05) is 0 Å². The van der Waals surface area contributed by atoms with Crippen LogP contribution in [0.15, 0.2) is 0 Å². The zero-order valence-electron chi connectivity index (χ0n) is 27.8. The lowest BCUT2D eigenvalue weighted by molar-refractivity contribution is -0.0299. The summed E-state index contributed by atoms with van der Waals surface area (Å²) in [5.74, 6) is 0. The Morgan fingerprint density at radius 3 is 0.385 bits per heavy atom. The van der Waals surface area contributed by atoms with E-state index in [1.165, 1.54) is 0 Å². The fourth-order valence-electron chi connectivity index (χ4n) is 6.24. The molecule has 20 nitrogen and oxygen atoms in total. The summed E-state index contributed by atoms with van der Waals surface area (Å²) in [5.41, 5.74) is 0. The van der Waals surface area contributed by atoms with Crippen molar-refractivity contribution in [1.82, 2.24) is 0 Å². The predicted molar refractivity (Wildman–Crippen MR) is 179 cm³/mol. The maximum absolute atomic E-state index is 9.83. The molecule has 6 rings (SSSR count). The molecule has 6 aliphatic heterocycles. The second-order valence-electron chi connectivity index (χ2n) is 12.0. The average molecular weight is 849 g/mol. The molecule has 0 aliphatic carbocycles. The first-order valence-electron chi connectivity index (χ1n) is 16.3. The van der Waals surface area contributed by atoms with Crippen LogP contribution in [0.4, 0.5) is 0 Å². The van der Waals surface area contributed by atoms with Crippen molar-refractivity contribution >= 4 is 70.4 Å². The number of rotatable bonds is 16. The zero-order chi connectivity index (χ0) is 37.5. The first kappa shape index (κ1) is 40.4. The number of nitriles is 8. The summed E-state index contributed by atoms with van der Waals surface area (Å²) in [7, 11) is -36.1. The van der Waals surface area contributed by atoms with Gasteiger partial charge < -0.3 is 49.4 Å². The van der Waals surface area contributed by atoms with E-state index in [1.807, 2.05) is 0 Å². The Labute approximate surface area is 309 Å². The van der Waals surface area contributed by atoms with Gasteiger partial charge >= 0.3 is 70.4 Å². The van der Waals surface area contributed by atoms with Gasteiger partial charge in [0.05, 0.1) is 48.6 Å². The van der Waals surface area contributed by atoms with Crippen molar-refractivity contribution < 1.29 is 49.4 Å². The van der Waals surface area contributed by atoms with E-state index in [0.29, 0.717) is 0 Å². The van der Waals surface area contributed by atoms with E-state index in [-0.39, 0.29) is 99.7 Å². The van der Waals surface area contributed by atoms with E-state index in [9.17, 15) is 42.1 Å². The molecule has 52 heavy (non-hydrogen) atoms. The molecule has 272 valence electrons. The Bertz CT molecular complexity index is 1290. The van der Waals surface area contributed by atoms with Gasteiger partial charge in [-0.05, 0) is 0 Å². The number of nitrogens with zero attached hydrogens (tertiary/aromatic N) is 8. The van der Waals surface area contributed by atoms with E-state index in [4.69, 9.17) is 49.4 Å². The molecule has 0 amide bonds. The first-order valence-corrected chi connectivity index (χ1v) is 31.8. The molecule has 0 unspecified atom stereocenters. The van der Waals surface area contributed by atoms with Gasteiger partial charge in [0.15, 0.2) is 0 Å². The van der Waals surface area contributed by atoms with Gasteiger partial charge in [-0.3, -0.25) is 0 Å². The SMILES string of the molecule is N#CCC[Si]12O[Si]3(CCC#N)O[Si]4(CCC#N)O[Si](CCC#N)(O1)O[Si]1(CCC#N)O[Si](CCC#N)(O2)O[Si](CCC#N)(O3)O[Si](CCC#N)(O4)O1. The summed E-state index contributed by atoms with van der Waals surface area (Å²) in [6.07, 6.45) is -1.56. The third kappa shape index (κ3) is 8.44. The molecule has 0 radical (unpaired) electrons. The molecule has 6 aliphatic rings. The second kappa shape index (κ2) is 16.3. The lowest BCUT2D eigenvalue weighted by Gasteiger charge is -2.63. The minimum Gasteiger partial charge on any atom is -0.373 e. The van der Waals surface area contributed by atoms with Crippen LogP contribution in [0.1, 0.15) is 51.4 Å². The predicted octanol–water partition coefficient (Wildman–Crippen LogP) is 3.07. The molecule has 6 saturated heterocycles. The standard InChI is InChI=1S/C24H32N8O12Si8/c25-9-1-17-45-33-46(18-2-10-26)36-49(21-5-13-29)38-47(34-45,19-3-11-27)40-51(23-7-15-31)41-48(35-45,20-4-12-28)39-50(37-46,22-6-14-30)43-52(42-49,44-51)24-8-16-32/h1-8,17-24H2. The normalized spacial score (nSPS) is 39.5. The fourth-order valence-corrected chi connectivity index (χ4v) is 55.1. The van der Waals surface area contributed by atoms with Gasteiger partial charge in [-0.2, -0.15) is 42.1 Å². The Morgan fingerprint density at radius 2 is 0.308 bits per heavy atom. The largest absolute Gasteiger partial charge is 0.479 e. The van der Waals surface area contributed by atoms with Crippen LogP contribution in [-0.2, 0) is 49.4 Å². The van der Waals surface area contributed by atoms with Crippen LogP contribution >= 0.6 is 0 Å². The van der Waals surface area contributed by atoms with E-state index in [1.54, 1.807) is 0 Å². The molecule has 0 aromatic heterocycles. The molecule has 28 heteroatoms. The lowest BCUT2D eigenvalue weighted by Crippen LogP contribution is -2.88. The fraction of sp³-hybridized carbons (Fsp3) is 0.667. The molecule has 6 heterocycles. The van der Waals surface area contributed by atoms with Crippen LogP contribution in [0.25, 0.3) is 0 Å². The lowest BCUT2D eigenvalue weighted by atomic mass is 10.6. The highest BCUT2D eigenvalue weighted by molar-refractivity contribution is 7.03. The van der Waals surface area contributed by atoms with Crippen LogP contribution in [0, 0.1) is 90.6 Å². The quantitative estimate of drug-likeness (QED) is 0.201. The molecule has 0 spiro atoms. The molecular formula is C24H32N8O12Si8. The van der Waals surface area contributed by atoms with Crippen LogP contribution < -0.4 is 0 Å². The van der Waals surface area contributed by atoms with Crippen LogP contribution in [-0.4, -0.2) is 70.4 Å². The summed E-state index contributed by atoms with van der Waals surface area (Å²) in [6.45, 7) is 0. The Morgan fingerprint density at radius 1 is 0.212 bits per heavy atom. The highest BCUT2D eigenvalue weighted by Crippen LogP contribution is 2.54. The van der Waals surface area contributed by atoms with Crippen molar-refractivity contribution in [2.24, 2.45) is 0 Å². The summed E-state index contributed by atoms with van der Waals surface area (Å²) in [4.78, 5) is 0. The van der Waals surface area contributed by atoms with Crippen molar-refractivity contribution in [1.29, 1.82) is 42.1 Å². The van der Waals surface area contributed by atoms with E-state index < -0.39 is 70.4 Å². The maximum Gasteiger partial charge on any atom is 0.479 e. The summed E-state index contributed by atoms with van der Waals surface area (Å²) in [6, 6.07) is 14.8. The maximum atomic E-state index is 9.83. The Hall–Kier alpha value is -2.82. The molecule has 0 aromatic carbocycles. The summed E-state index contributed by atoms with van der Waals surface area (Å²) < 4.78 is 83.8. The zero-order valence-corrected chi connectivity index (χ0v) is 35.8. The monoisotopic (exact) mass is 848 g/mol. The molecular weight excluding hydrogens is 817 g/mol. The summed E-state index contributed by atoms with van der Waals surface area (Å²) in [5, 5.41) is 78.6. The van der Waals surface area contributed by atoms with Crippen molar-refractivity contribution in [2.45, 2.75) is 99.7 Å². The first-order chi connectivity index (χ1) is 25.0. The van der Waals surface area contributed by atoms with Crippen molar-refractivity contribution in [3.63, 3.8) is 0 Å². The second-order valence-corrected chi connectivity index (χ2v) is 36.7. The van der Waals surface area contributed by atoms with E-state index in [0.717, 1.165) is 0 Å². The number of hydrogen-bond donors (Lipinski definition) is 0. The average Bonchev–Trinajstić information content (AvgIpc) is 3.08. The highest BCUT2D eigenvalue weighted by atomic mass is 28.6. The van der Waals surface area contributed by atoms with Gasteiger partial charge in [0.1, 0.15) is 0 Å². The third-order valence-electron chi connectivity index (χ3n) is 8.08. The van der Waals surface area contributed by atoms with E-state index in [2.05, 4.69) is 48.6 Å². The van der Waals surface area contributed by atoms with Gasteiger partial charge in [0.25, 0.3) is 0 Å². The van der Waals surface area contributed by atoms with Gasteiger partial charge in [0.2, 0.25) is 0 Å². The molecule has 0 aromatic rings.